The monoisotopic (exact) mass is 513 g/mol. The van der Waals surface area contributed by atoms with Crippen LogP contribution in [0.3, 0.4) is 0 Å². The summed E-state index contributed by atoms with van der Waals surface area (Å²) in [5, 5.41) is 3.17. The van der Waals surface area contributed by atoms with Crippen LogP contribution in [0.1, 0.15) is 30.9 Å². The minimum Gasteiger partial charge on any atom is -0.357 e. The summed E-state index contributed by atoms with van der Waals surface area (Å²) in [4.78, 5) is 26.8. The van der Waals surface area contributed by atoms with Gasteiger partial charge < -0.3 is 10.2 Å². The maximum absolute atomic E-state index is 13.1. The SMILES string of the molecule is CNC(=O)C(C)N(Cc1ccc(C)cc1)C(=O)CCCN(c1cc(Cl)ccc1Cl)S(C)(=O)=O. The molecule has 2 aromatic rings. The first-order valence-electron chi connectivity index (χ1n) is 10.4. The molecular weight excluding hydrogens is 485 g/mol. The maximum Gasteiger partial charge on any atom is 0.242 e. The fourth-order valence-corrected chi connectivity index (χ4v) is 4.75. The molecule has 7 nitrogen and oxygen atoms in total. The second-order valence-corrected chi connectivity index (χ2v) is 10.6. The zero-order valence-electron chi connectivity index (χ0n) is 19.1. The number of hydrogen-bond donors (Lipinski definition) is 1. The van der Waals surface area contributed by atoms with Gasteiger partial charge in [-0.2, -0.15) is 0 Å². The van der Waals surface area contributed by atoms with Gasteiger partial charge in [-0.1, -0.05) is 53.0 Å². The van der Waals surface area contributed by atoms with Crippen molar-refractivity contribution in [3.63, 3.8) is 0 Å². The number of aryl methyl sites for hydroxylation is 1. The summed E-state index contributed by atoms with van der Waals surface area (Å²) < 4.78 is 25.9. The van der Waals surface area contributed by atoms with E-state index < -0.39 is 16.1 Å². The highest BCUT2D eigenvalue weighted by Crippen LogP contribution is 2.31. The van der Waals surface area contributed by atoms with Gasteiger partial charge >= 0.3 is 0 Å². The third kappa shape index (κ3) is 7.62. The minimum atomic E-state index is -3.66. The summed E-state index contributed by atoms with van der Waals surface area (Å²) in [6, 6.07) is 11.6. The molecule has 0 aromatic heterocycles. The Labute approximate surface area is 205 Å². The predicted molar refractivity (Wildman–Crippen MR) is 133 cm³/mol. The molecule has 1 unspecified atom stereocenters. The molecule has 0 aliphatic rings. The maximum atomic E-state index is 13.1. The number of benzene rings is 2. The van der Waals surface area contributed by atoms with Crippen molar-refractivity contribution in [2.45, 2.75) is 39.3 Å². The minimum absolute atomic E-state index is 0.0391. The zero-order valence-corrected chi connectivity index (χ0v) is 21.5. The lowest BCUT2D eigenvalue weighted by Gasteiger charge is -2.29. The highest BCUT2D eigenvalue weighted by atomic mass is 35.5. The Morgan fingerprint density at radius 2 is 1.73 bits per heavy atom. The standard InChI is InChI=1S/C23H29Cl2N3O4S/c1-16-7-9-18(10-8-16)15-27(17(2)23(30)26-3)22(29)6-5-13-28(33(4,31)32)21-14-19(24)11-12-20(21)25/h7-12,14,17H,5-6,13,15H2,1-4H3,(H,26,30). The van der Waals surface area contributed by atoms with Gasteiger partial charge in [0.05, 0.1) is 17.0 Å². The smallest absolute Gasteiger partial charge is 0.242 e. The van der Waals surface area contributed by atoms with E-state index in [-0.39, 0.29) is 48.5 Å². The number of likely N-dealkylation sites (N-methyl/N-ethyl adjacent to an activating group) is 1. The van der Waals surface area contributed by atoms with E-state index in [4.69, 9.17) is 23.2 Å². The van der Waals surface area contributed by atoms with Crippen molar-refractivity contribution in [2.75, 3.05) is 24.2 Å². The molecule has 0 saturated heterocycles. The molecule has 10 heteroatoms. The summed E-state index contributed by atoms with van der Waals surface area (Å²) >= 11 is 12.2. The molecule has 0 radical (unpaired) electrons. The highest BCUT2D eigenvalue weighted by Gasteiger charge is 2.26. The van der Waals surface area contributed by atoms with E-state index in [1.54, 1.807) is 13.0 Å². The quantitative estimate of drug-likeness (QED) is 0.519. The Morgan fingerprint density at radius 3 is 2.30 bits per heavy atom. The Bertz CT molecular complexity index is 1090. The Kier molecular flexibility index (Phi) is 9.57. The van der Waals surface area contributed by atoms with E-state index in [1.165, 1.54) is 24.1 Å². The van der Waals surface area contributed by atoms with Crippen molar-refractivity contribution in [3.8, 4) is 0 Å². The summed E-state index contributed by atoms with van der Waals surface area (Å²) in [5.74, 6) is -0.531. The fraction of sp³-hybridized carbons (Fsp3) is 0.391. The molecule has 1 N–H and O–H groups in total. The topological polar surface area (TPSA) is 86.8 Å². The molecule has 0 aliphatic carbocycles. The van der Waals surface area contributed by atoms with Crippen LogP contribution in [-0.4, -0.2) is 51.0 Å². The Hall–Kier alpha value is -2.29. The fourth-order valence-electron chi connectivity index (χ4n) is 3.34. The number of carbonyl (C=O) groups is 2. The molecule has 0 heterocycles. The highest BCUT2D eigenvalue weighted by molar-refractivity contribution is 7.92. The van der Waals surface area contributed by atoms with Crippen LogP contribution < -0.4 is 9.62 Å². The number of hydrogen-bond acceptors (Lipinski definition) is 4. The second kappa shape index (κ2) is 11.7. The average Bonchev–Trinajstić information content (AvgIpc) is 2.76. The first kappa shape index (κ1) is 27.0. The first-order chi connectivity index (χ1) is 15.4. The van der Waals surface area contributed by atoms with Gasteiger partial charge in [-0.15, -0.1) is 0 Å². The lowest BCUT2D eigenvalue weighted by molar-refractivity contribution is -0.140. The number of anilines is 1. The molecule has 180 valence electrons. The van der Waals surface area contributed by atoms with Crippen molar-refractivity contribution < 1.29 is 18.0 Å². The lowest BCUT2D eigenvalue weighted by Crippen LogP contribution is -2.46. The molecule has 0 saturated carbocycles. The predicted octanol–water partition coefficient (Wildman–Crippen LogP) is 4.01. The summed E-state index contributed by atoms with van der Waals surface area (Å²) in [6.07, 6.45) is 1.36. The third-order valence-corrected chi connectivity index (χ3v) is 6.95. The molecule has 0 aliphatic heterocycles. The van der Waals surface area contributed by atoms with Crippen molar-refractivity contribution in [1.82, 2.24) is 10.2 Å². The van der Waals surface area contributed by atoms with Gasteiger partial charge in [0, 0.05) is 31.6 Å². The van der Waals surface area contributed by atoms with Crippen molar-refractivity contribution >= 4 is 50.7 Å². The van der Waals surface area contributed by atoms with Crippen molar-refractivity contribution in [1.29, 1.82) is 0 Å². The molecule has 1 atom stereocenters. The summed E-state index contributed by atoms with van der Waals surface area (Å²) in [7, 11) is -2.14. The van der Waals surface area contributed by atoms with Crippen LogP contribution in [0.2, 0.25) is 10.0 Å². The van der Waals surface area contributed by atoms with E-state index in [0.717, 1.165) is 21.7 Å². The largest absolute Gasteiger partial charge is 0.357 e. The first-order valence-corrected chi connectivity index (χ1v) is 13.0. The van der Waals surface area contributed by atoms with Crippen LogP contribution in [0.5, 0.6) is 0 Å². The molecule has 0 spiro atoms. The van der Waals surface area contributed by atoms with Crippen LogP contribution >= 0.6 is 23.2 Å². The Morgan fingerprint density at radius 1 is 1.09 bits per heavy atom. The summed E-state index contributed by atoms with van der Waals surface area (Å²) in [5.41, 5.74) is 2.25. The van der Waals surface area contributed by atoms with Crippen LogP contribution in [0.15, 0.2) is 42.5 Å². The number of nitrogens with one attached hydrogen (secondary N) is 1. The number of sulfonamides is 1. The molecule has 0 fully saturated rings. The molecule has 2 aromatic carbocycles. The molecular formula is C23H29Cl2N3O4S. The molecule has 33 heavy (non-hydrogen) atoms. The van der Waals surface area contributed by atoms with Crippen LogP contribution in [0, 0.1) is 6.92 Å². The molecule has 0 bridgehead atoms. The van der Waals surface area contributed by atoms with Gasteiger partial charge in [-0.25, -0.2) is 8.42 Å². The normalized spacial score (nSPS) is 12.2. The Balaban J connectivity index is 2.17. The number of halogens is 2. The van der Waals surface area contributed by atoms with Gasteiger partial charge in [0.15, 0.2) is 0 Å². The van der Waals surface area contributed by atoms with E-state index in [9.17, 15) is 18.0 Å². The van der Waals surface area contributed by atoms with E-state index in [1.807, 2.05) is 31.2 Å². The third-order valence-electron chi connectivity index (χ3n) is 5.22. The number of nitrogens with zero attached hydrogens (tertiary/aromatic N) is 2. The van der Waals surface area contributed by atoms with Crippen LogP contribution in [0.25, 0.3) is 0 Å². The van der Waals surface area contributed by atoms with Gasteiger partial charge in [-0.3, -0.25) is 13.9 Å². The number of rotatable bonds is 10. The van der Waals surface area contributed by atoms with Gasteiger partial charge in [0.1, 0.15) is 6.04 Å². The molecule has 2 amide bonds. The van der Waals surface area contributed by atoms with Crippen molar-refractivity contribution in [3.05, 3.63) is 63.6 Å². The van der Waals surface area contributed by atoms with Crippen molar-refractivity contribution in [2.24, 2.45) is 0 Å². The lowest BCUT2D eigenvalue weighted by atomic mass is 10.1. The van der Waals surface area contributed by atoms with Crippen LogP contribution in [0.4, 0.5) is 5.69 Å². The molecule has 2 rings (SSSR count). The van der Waals surface area contributed by atoms with Gasteiger partial charge in [0.2, 0.25) is 21.8 Å². The van der Waals surface area contributed by atoms with E-state index >= 15 is 0 Å². The van der Waals surface area contributed by atoms with Gasteiger partial charge in [0.25, 0.3) is 0 Å². The number of amides is 2. The van der Waals surface area contributed by atoms with E-state index in [2.05, 4.69) is 5.32 Å². The summed E-state index contributed by atoms with van der Waals surface area (Å²) in [6.45, 7) is 3.94. The van der Waals surface area contributed by atoms with Crippen LogP contribution in [-0.2, 0) is 26.2 Å². The van der Waals surface area contributed by atoms with E-state index in [0.29, 0.717) is 5.02 Å². The van der Waals surface area contributed by atoms with Gasteiger partial charge in [-0.05, 0) is 44.0 Å². The second-order valence-electron chi connectivity index (χ2n) is 7.83. The average molecular weight is 514 g/mol. The number of carbonyl (C=O) groups excluding carboxylic acids is 2. The zero-order chi connectivity index (χ0) is 24.8.